The van der Waals surface area contributed by atoms with Crippen molar-refractivity contribution >= 4 is 39.1 Å². The van der Waals surface area contributed by atoms with Gasteiger partial charge in [-0.2, -0.15) is 0 Å². The van der Waals surface area contributed by atoms with Crippen molar-refractivity contribution in [3.63, 3.8) is 0 Å². The Morgan fingerprint density at radius 3 is 2.31 bits per heavy atom. The van der Waals surface area contributed by atoms with E-state index >= 15 is 0 Å². The topological polar surface area (TPSA) is 86.8 Å². The number of rotatable bonds is 10. The number of halogens is 1. The molecule has 9 heteroatoms. The lowest BCUT2D eigenvalue weighted by Gasteiger charge is -2.33. The first-order valence-corrected chi connectivity index (χ1v) is 15.0. The highest BCUT2D eigenvalue weighted by Crippen LogP contribution is 2.27. The fourth-order valence-electron chi connectivity index (χ4n) is 4.88. The van der Waals surface area contributed by atoms with Crippen molar-refractivity contribution in [2.24, 2.45) is 0 Å². The summed E-state index contributed by atoms with van der Waals surface area (Å²) in [5.41, 5.74) is 1.85. The molecule has 1 saturated carbocycles. The maximum Gasteiger partial charge on any atom is 0.264 e. The number of hydrogen-bond acceptors (Lipinski definition) is 4. The fourth-order valence-corrected chi connectivity index (χ4v) is 6.60. The summed E-state index contributed by atoms with van der Waals surface area (Å²) in [6, 6.07) is 21.4. The van der Waals surface area contributed by atoms with Gasteiger partial charge in [0.25, 0.3) is 10.0 Å². The monoisotopic (exact) mass is 567 g/mol. The number of benzene rings is 3. The molecule has 0 aliphatic heterocycles. The van der Waals surface area contributed by atoms with Gasteiger partial charge in [0.1, 0.15) is 12.6 Å². The van der Waals surface area contributed by atoms with Gasteiger partial charge >= 0.3 is 0 Å². The molecule has 1 aliphatic carbocycles. The molecular formula is C30H34ClN3O4S. The van der Waals surface area contributed by atoms with Gasteiger partial charge in [-0.25, -0.2) is 8.42 Å². The van der Waals surface area contributed by atoms with Crippen molar-refractivity contribution in [2.45, 2.75) is 63.1 Å². The zero-order valence-corrected chi connectivity index (χ0v) is 23.8. The molecule has 1 fully saturated rings. The molecule has 206 valence electrons. The average molecular weight is 568 g/mol. The van der Waals surface area contributed by atoms with E-state index < -0.39 is 28.5 Å². The van der Waals surface area contributed by atoms with Crippen molar-refractivity contribution in [3.8, 4) is 0 Å². The predicted molar refractivity (Wildman–Crippen MR) is 154 cm³/mol. The molecule has 1 atom stereocenters. The minimum absolute atomic E-state index is 0.0782. The van der Waals surface area contributed by atoms with Crippen LogP contribution < -0.4 is 9.62 Å². The van der Waals surface area contributed by atoms with E-state index in [2.05, 4.69) is 5.32 Å². The van der Waals surface area contributed by atoms with Gasteiger partial charge in [-0.05, 0) is 68.1 Å². The number of hydrogen-bond donors (Lipinski definition) is 1. The molecule has 1 unspecified atom stereocenters. The third kappa shape index (κ3) is 6.99. The van der Waals surface area contributed by atoms with E-state index in [9.17, 15) is 18.0 Å². The fraction of sp³-hybridized carbons (Fsp3) is 0.333. The zero-order valence-electron chi connectivity index (χ0n) is 22.2. The molecular weight excluding hydrogens is 534 g/mol. The predicted octanol–water partition coefficient (Wildman–Crippen LogP) is 5.32. The van der Waals surface area contributed by atoms with Crippen molar-refractivity contribution in [3.05, 3.63) is 95.0 Å². The number of para-hydroxylation sites is 1. The lowest BCUT2D eigenvalue weighted by Crippen LogP contribution is -2.52. The number of aryl methyl sites for hydroxylation is 1. The first kappa shape index (κ1) is 28.6. The minimum atomic E-state index is -4.09. The van der Waals surface area contributed by atoms with Crippen LogP contribution in [-0.2, 0) is 26.2 Å². The van der Waals surface area contributed by atoms with Crippen LogP contribution in [0.25, 0.3) is 0 Å². The Bertz CT molecular complexity index is 1410. The number of carbonyl (C=O) groups is 2. The molecule has 0 radical (unpaired) electrons. The van der Waals surface area contributed by atoms with Crippen LogP contribution in [0.15, 0.2) is 83.8 Å². The van der Waals surface area contributed by atoms with Crippen LogP contribution in [0.1, 0.15) is 43.7 Å². The smallest absolute Gasteiger partial charge is 0.264 e. The van der Waals surface area contributed by atoms with Gasteiger partial charge in [0.05, 0.1) is 10.6 Å². The van der Waals surface area contributed by atoms with Crippen LogP contribution in [0.5, 0.6) is 0 Å². The average Bonchev–Trinajstić information content (AvgIpc) is 3.44. The number of nitrogens with one attached hydrogen (secondary N) is 1. The molecule has 0 bridgehead atoms. The Morgan fingerprint density at radius 2 is 1.64 bits per heavy atom. The summed E-state index contributed by atoms with van der Waals surface area (Å²) in [6.07, 6.45) is 3.95. The summed E-state index contributed by atoms with van der Waals surface area (Å²) in [5, 5.41) is 3.58. The van der Waals surface area contributed by atoms with Gasteiger partial charge in [-0.15, -0.1) is 0 Å². The lowest BCUT2D eigenvalue weighted by molar-refractivity contribution is -0.139. The molecule has 1 aliphatic rings. The van der Waals surface area contributed by atoms with Gasteiger partial charge < -0.3 is 10.2 Å². The van der Waals surface area contributed by atoms with Crippen molar-refractivity contribution in [1.82, 2.24) is 10.2 Å². The standard InChI is InChI=1S/C30H34ClN3O4S/c1-22-11-6-9-18-28(22)34(39(37,38)27-16-4-3-5-17-27)21-29(35)33(20-24-12-10-13-25(31)19-24)23(2)30(36)32-26-14-7-8-15-26/h3-6,9-13,16-19,23,26H,7-8,14-15,20-21H2,1-2H3,(H,32,36). The normalized spacial score (nSPS) is 14.5. The summed E-state index contributed by atoms with van der Waals surface area (Å²) in [6.45, 7) is 3.11. The quantitative estimate of drug-likeness (QED) is 0.359. The highest BCUT2D eigenvalue weighted by molar-refractivity contribution is 7.92. The number of amides is 2. The molecule has 7 nitrogen and oxygen atoms in total. The van der Waals surface area contributed by atoms with E-state index in [1.807, 2.05) is 12.1 Å². The molecule has 0 saturated heterocycles. The van der Waals surface area contributed by atoms with Gasteiger partial charge in [-0.1, -0.05) is 73.0 Å². The number of anilines is 1. The summed E-state index contributed by atoms with van der Waals surface area (Å²) < 4.78 is 28.8. The largest absolute Gasteiger partial charge is 0.352 e. The molecule has 3 aromatic rings. The van der Waals surface area contributed by atoms with E-state index in [1.165, 1.54) is 17.0 Å². The number of carbonyl (C=O) groups excluding carboxylic acids is 2. The van der Waals surface area contributed by atoms with E-state index in [1.54, 1.807) is 68.4 Å². The second kappa shape index (κ2) is 12.7. The van der Waals surface area contributed by atoms with Crippen LogP contribution >= 0.6 is 11.6 Å². The molecule has 0 spiro atoms. The molecule has 4 rings (SSSR count). The Kier molecular flexibility index (Phi) is 9.30. The van der Waals surface area contributed by atoms with Crippen LogP contribution in [0, 0.1) is 6.92 Å². The summed E-state index contributed by atoms with van der Waals surface area (Å²) in [4.78, 5) is 28.8. The second-order valence-electron chi connectivity index (χ2n) is 9.93. The molecule has 3 aromatic carbocycles. The van der Waals surface area contributed by atoms with Crippen molar-refractivity contribution in [2.75, 3.05) is 10.8 Å². The third-order valence-corrected chi connectivity index (χ3v) is 9.11. The van der Waals surface area contributed by atoms with Gasteiger partial charge in [0.15, 0.2) is 0 Å². The van der Waals surface area contributed by atoms with E-state index in [4.69, 9.17) is 11.6 Å². The van der Waals surface area contributed by atoms with Crippen molar-refractivity contribution < 1.29 is 18.0 Å². The van der Waals surface area contributed by atoms with Gasteiger partial charge in [0.2, 0.25) is 11.8 Å². The highest BCUT2D eigenvalue weighted by Gasteiger charge is 2.33. The van der Waals surface area contributed by atoms with E-state index in [0.29, 0.717) is 16.3 Å². The Hall–Kier alpha value is -3.36. The summed E-state index contributed by atoms with van der Waals surface area (Å²) in [7, 11) is -4.09. The van der Waals surface area contributed by atoms with Gasteiger partial charge in [0, 0.05) is 17.6 Å². The Morgan fingerprint density at radius 1 is 0.974 bits per heavy atom. The summed E-state index contributed by atoms with van der Waals surface area (Å²) >= 11 is 6.20. The first-order chi connectivity index (χ1) is 18.7. The number of nitrogens with zero attached hydrogens (tertiary/aromatic N) is 2. The van der Waals surface area contributed by atoms with Crippen LogP contribution in [0.4, 0.5) is 5.69 Å². The summed E-state index contributed by atoms with van der Waals surface area (Å²) in [5.74, 6) is -0.752. The Labute approximate surface area is 235 Å². The molecule has 1 N–H and O–H groups in total. The molecule has 39 heavy (non-hydrogen) atoms. The third-order valence-electron chi connectivity index (χ3n) is 7.11. The highest BCUT2D eigenvalue weighted by atomic mass is 35.5. The Balaban J connectivity index is 1.69. The maximum atomic E-state index is 14.0. The van der Waals surface area contributed by atoms with E-state index in [-0.39, 0.29) is 23.4 Å². The lowest BCUT2D eigenvalue weighted by atomic mass is 10.1. The molecule has 0 heterocycles. The van der Waals surface area contributed by atoms with E-state index in [0.717, 1.165) is 35.6 Å². The molecule has 0 aromatic heterocycles. The first-order valence-electron chi connectivity index (χ1n) is 13.1. The second-order valence-corrected chi connectivity index (χ2v) is 12.2. The van der Waals surface area contributed by atoms with Crippen molar-refractivity contribution in [1.29, 1.82) is 0 Å². The number of sulfonamides is 1. The zero-order chi connectivity index (χ0) is 28.0. The van der Waals surface area contributed by atoms with Crippen LogP contribution in [0.3, 0.4) is 0 Å². The van der Waals surface area contributed by atoms with Crippen LogP contribution in [-0.4, -0.2) is 43.8 Å². The van der Waals surface area contributed by atoms with Crippen LogP contribution in [0.2, 0.25) is 5.02 Å². The minimum Gasteiger partial charge on any atom is -0.352 e. The van der Waals surface area contributed by atoms with Gasteiger partial charge in [-0.3, -0.25) is 13.9 Å². The SMILES string of the molecule is Cc1ccccc1N(CC(=O)N(Cc1cccc(Cl)c1)C(C)C(=O)NC1CCCC1)S(=O)(=O)c1ccccc1. The maximum absolute atomic E-state index is 14.0. The molecule has 2 amide bonds.